The van der Waals surface area contributed by atoms with E-state index in [2.05, 4.69) is 0 Å². The number of ether oxygens (including phenoxy) is 1. The highest BCUT2D eigenvalue weighted by atomic mass is 16.5. The molecule has 1 aromatic rings. The van der Waals surface area contributed by atoms with Crippen LogP contribution in [0.3, 0.4) is 0 Å². The largest absolute Gasteiger partial charge is 0.490 e. The maximum Gasteiger partial charge on any atom is 0.304 e. The van der Waals surface area contributed by atoms with Crippen molar-refractivity contribution in [3.8, 4) is 5.75 Å². The number of hydrogen-bond donors (Lipinski definition) is 1. The first kappa shape index (κ1) is 13.9. The molecule has 0 bridgehead atoms. The van der Waals surface area contributed by atoms with Gasteiger partial charge in [0.25, 0.3) is 0 Å². The summed E-state index contributed by atoms with van der Waals surface area (Å²) in [5.41, 5.74) is 0.686. The predicted molar refractivity (Wildman–Crippen MR) is 74.6 cm³/mol. The first-order valence-electron chi connectivity index (χ1n) is 6.96. The Labute approximate surface area is 114 Å². The Balaban J connectivity index is 2.02. The van der Waals surface area contributed by atoms with E-state index in [9.17, 15) is 4.79 Å². The molecule has 19 heavy (non-hydrogen) atoms. The van der Waals surface area contributed by atoms with Crippen LogP contribution < -0.4 is 4.74 Å². The van der Waals surface area contributed by atoms with Crippen LogP contribution in [0.4, 0.5) is 0 Å². The van der Waals surface area contributed by atoms with Crippen molar-refractivity contribution in [3.05, 3.63) is 29.8 Å². The van der Waals surface area contributed by atoms with Crippen LogP contribution in [0.25, 0.3) is 0 Å². The smallest absolute Gasteiger partial charge is 0.304 e. The minimum atomic E-state index is -0.767. The minimum Gasteiger partial charge on any atom is -0.490 e. The van der Waals surface area contributed by atoms with Gasteiger partial charge in [-0.3, -0.25) is 4.79 Å². The number of carboxylic acids is 1. The third kappa shape index (κ3) is 3.72. The summed E-state index contributed by atoms with van der Waals surface area (Å²) in [6.45, 7) is 3.90. The van der Waals surface area contributed by atoms with E-state index in [4.69, 9.17) is 9.84 Å². The molecular weight excluding hydrogens is 240 g/mol. The molecule has 0 radical (unpaired) electrons. The van der Waals surface area contributed by atoms with E-state index in [1.54, 1.807) is 0 Å². The Hall–Kier alpha value is -1.51. The second-order valence-corrected chi connectivity index (χ2v) is 6.00. The molecule has 0 amide bonds. The summed E-state index contributed by atoms with van der Waals surface area (Å²) in [6.07, 6.45) is 5.30. The summed E-state index contributed by atoms with van der Waals surface area (Å²) >= 11 is 0. The van der Waals surface area contributed by atoms with Crippen LogP contribution in [0.1, 0.15) is 51.5 Å². The van der Waals surface area contributed by atoms with Crippen molar-refractivity contribution in [1.29, 1.82) is 0 Å². The van der Waals surface area contributed by atoms with E-state index in [1.807, 2.05) is 38.1 Å². The van der Waals surface area contributed by atoms with Gasteiger partial charge in [-0.2, -0.15) is 0 Å². The lowest BCUT2D eigenvalue weighted by molar-refractivity contribution is -0.138. The lowest BCUT2D eigenvalue weighted by Gasteiger charge is -2.23. The number of rotatable bonds is 5. The molecular formula is C16H22O3. The molecule has 1 saturated carbocycles. The topological polar surface area (TPSA) is 46.5 Å². The lowest BCUT2D eigenvalue weighted by Crippen LogP contribution is -2.21. The molecule has 1 aliphatic rings. The highest BCUT2D eigenvalue weighted by molar-refractivity contribution is 5.68. The molecule has 0 heterocycles. The van der Waals surface area contributed by atoms with Crippen LogP contribution in [0, 0.1) is 0 Å². The standard InChI is InChI=1S/C16H22O3/c1-16(2,11-15(17)18)12-7-9-14(10-8-12)19-13-5-3-4-6-13/h7-10,13H,3-6,11H2,1-2H3,(H,17,18). The van der Waals surface area contributed by atoms with Crippen LogP contribution in [-0.2, 0) is 10.2 Å². The Morgan fingerprint density at radius 2 is 1.84 bits per heavy atom. The third-order valence-electron chi connectivity index (χ3n) is 3.83. The average molecular weight is 262 g/mol. The Bertz CT molecular complexity index is 428. The van der Waals surface area contributed by atoms with Crippen molar-refractivity contribution in [2.75, 3.05) is 0 Å². The van der Waals surface area contributed by atoms with Gasteiger partial charge < -0.3 is 9.84 Å². The van der Waals surface area contributed by atoms with Gasteiger partial charge >= 0.3 is 5.97 Å². The van der Waals surface area contributed by atoms with Crippen molar-refractivity contribution < 1.29 is 14.6 Å². The quantitative estimate of drug-likeness (QED) is 0.878. The van der Waals surface area contributed by atoms with Crippen molar-refractivity contribution in [2.45, 2.75) is 57.5 Å². The van der Waals surface area contributed by atoms with Crippen molar-refractivity contribution in [3.63, 3.8) is 0 Å². The zero-order valence-electron chi connectivity index (χ0n) is 11.7. The number of aliphatic carboxylic acids is 1. The monoisotopic (exact) mass is 262 g/mol. The normalized spacial score (nSPS) is 16.5. The highest BCUT2D eigenvalue weighted by Crippen LogP contribution is 2.30. The molecule has 1 aliphatic carbocycles. The number of carboxylic acid groups (broad SMARTS) is 1. The summed E-state index contributed by atoms with van der Waals surface area (Å²) in [6, 6.07) is 7.87. The van der Waals surface area contributed by atoms with E-state index in [0.717, 1.165) is 24.2 Å². The molecule has 0 spiro atoms. The van der Waals surface area contributed by atoms with E-state index in [1.165, 1.54) is 12.8 Å². The number of benzene rings is 1. The Morgan fingerprint density at radius 1 is 1.26 bits per heavy atom. The maximum absolute atomic E-state index is 10.9. The summed E-state index contributed by atoms with van der Waals surface area (Å²) in [7, 11) is 0. The van der Waals surface area contributed by atoms with Gasteiger partial charge in [0.2, 0.25) is 0 Å². The van der Waals surface area contributed by atoms with Gasteiger partial charge in [0.15, 0.2) is 0 Å². The second-order valence-electron chi connectivity index (χ2n) is 6.00. The van der Waals surface area contributed by atoms with Crippen LogP contribution in [-0.4, -0.2) is 17.2 Å². The SMILES string of the molecule is CC(C)(CC(=O)O)c1ccc(OC2CCCC2)cc1. The fourth-order valence-corrected chi connectivity index (χ4v) is 2.66. The summed E-state index contributed by atoms with van der Waals surface area (Å²) < 4.78 is 5.91. The summed E-state index contributed by atoms with van der Waals surface area (Å²) in [5.74, 6) is 0.123. The molecule has 2 rings (SSSR count). The van der Waals surface area contributed by atoms with Gasteiger partial charge in [-0.05, 0) is 43.4 Å². The number of hydrogen-bond acceptors (Lipinski definition) is 2. The Morgan fingerprint density at radius 3 is 2.37 bits per heavy atom. The van der Waals surface area contributed by atoms with Gasteiger partial charge in [0.1, 0.15) is 5.75 Å². The molecule has 0 unspecified atom stereocenters. The average Bonchev–Trinajstić information content (AvgIpc) is 2.81. The predicted octanol–water partition coefficient (Wildman–Crippen LogP) is 3.76. The molecule has 0 aromatic heterocycles. The van der Waals surface area contributed by atoms with Crippen molar-refractivity contribution >= 4 is 5.97 Å². The molecule has 0 atom stereocenters. The molecule has 0 aliphatic heterocycles. The molecule has 3 heteroatoms. The molecule has 104 valence electrons. The molecule has 0 saturated heterocycles. The van der Waals surface area contributed by atoms with Gasteiger partial charge in [-0.25, -0.2) is 0 Å². The molecule has 1 fully saturated rings. The molecule has 1 N–H and O–H groups in total. The van der Waals surface area contributed by atoms with Crippen LogP contribution in [0.5, 0.6) is 5.75 Å². The second kappa shape index (κ2) is 5.64. The molecule has 1 aromatic carbocycles. The summed E-state index contributed by atoms with van der Waals surface area (Å²) in [5, 5.41) is 8.93. The fourth-order valence-electron chi connectivity index (χ4n) is 2.66. The van der Waals surface area contributed by atoms with E-state index in [-0.39, 0.29) is 11.8 Å². The number of carbonyl (C=O) groups is 1. The Kier molecular flexibility index (Phi) is 4.13. The van der Waals surface area contributed by atoms with E-state index in [0.29, 0.717) is 6.10 Å². The fraction of sp³-hybridized carbons (Fsp3) is 0.562. The molecule has 3 nitrogen and oxygen atoms in total. The first-order valence-corrected chi connectivity index (χ1v) is 6.96. The highest BCUT2D eigenvalue weighted by Gasteiger charge is 2.24. The zero-order valence-corrected chi connectivity index (χ0v) is 11.7. The zero-order chi connectivity index (χ0) is 13.9. The third-order valence-corrected chi connectivity index (χ3v) is 3.83. The maximum atomic E-state index is 10.9. The van der Waals surface area contributed by atoms with Gasteiger partial charge in [0, 0.05) is 5.41 Å². The summed E-state index contributed by atoms with van der Waals surface area (Å²) in [4.78, 5) is 10.9. The van der Waals surface area contributed by atoms with Gasteiger partial charge in [-0.15, -0.1) is 0 Å². The van der Waals surface area contributed by atoms with Crippen LogP contribution >= 0.6 is 0 Å². The van der Waals surface area contributed by atoms with Crippen LogP contribution in [0.15, 0.2) is 24.3 Å². The lowest BCUT2D eigenvalue weighted by atomic mass is 9.82. The van der Waals surface area contributed by atoms with Gasteiger partial charge in [0.05, 0.1) is 12.5 Å². The van der Waals surface area contributed by atoms with Gasteiger partial charge in [-0.1, -0.05) is 26.0 Å². The van der Waals surface area contributed by atoms with Crippen molar-refractivity contribution in [2.24, 2.45) is 0 Å². The van der Waals surface area contributed by atoms with Crippen molar-refractivity contribution in [1.82, 2.24) is 0 Å². The van der Waals surface area contributed by atoms with E-state index < -0.39 is 5.97 Å². The first-order chi connectivity index (χ1) is 8.97. The minimum absolute atomic E-state index is 0.135. The van der Waals surface area contributed by atoms with E-state index >= 15 is 0 Å². The van der Waals surface area contributed by atoms with Crippen LogP contribution in [0.2, 0.25) is 0 Å².